The first-order valence-electron chi connectivity index (χ1n) is 5.76. The van der Waals surface area contributed by atoms with Crippen LogP contribution in [0.3, 0.4) is 0 Å². The summed E-state index contributed by atoms with van der Waals surface area (Å²) in [6, 6.07) is 0. The minimum absolute atomic E-state index is 0.129. The number of rotatable bonds is 6. The Morgan fingerprint density at radius 2 is 2.06 bits per heavy atom. The quantitative estimate of drug-likeness (QED) is 0.642. The molecule has 0 aliphatic carbocycles. The second kappa shape index (κ2) is 6.67. The van der Waals surface area contributed by atoms with E-state index in [0.717, 1.165) is 0 Å². The van der Waals surface area contributed by atoms with Gasteiger partial charge in [0, 0.05) is 20.7 Å². The molecule has 2 N–H and O–H groups in total. The monoisotopic (exact) mass is 261 g/mol. The van der Waals surface area contributed by atoms with Crippen molar-refractivity contribution < 1.29 is 29.3 Å². The number of carbonyl (C=O) groups excluding carboxylic acids is 1. The van der Waals surface area contributed by atoms with E-state index in [1.165, 1.54) is 12.0 Å². The highest BCUT2D eigenvalue weighted by atomic mass is 16.5. The zero-order chi connectivity index (χ0) is 13.7. The maximum absolute atomic E-state index is 11.9. The van der Waals surface area contributed by atoms with E-state index in [0.29, 0.717) is 12.8 Å². The number of hydrogen-bond acceptors (Lipinski definition) is 5. The number of carboxylic acid groups (broad SMARTS) is 1. The first kappa shape index (κ1) is 14.9. The van der Waals surface area contributed by atoms with Crippen molar-refractivity contribution in [3.63, 3.8) is 0 Å². The number of hydrogen-bond donors (Lipinski definition) is 2. The molecule has 1 fully saturated rings. The van der Waals surface area contributed by atoms with Crippen molar-refractivity contribution in [2.45, 2.75) is 31.2 Å². The first-order chi connectivity index (χ1) is 8.45. The lowest BCUT2D eigenvalue weighted by Gasteiger charge is -2.23. The van der Waals surface area contributed by atoms with Crippen LogP contribution in [0.5, 0.6) is 0 Å². The van der Waals surface area contributed by atoms with Crippen molar-refractivity contribution in [2.24, 2.45) is 0 Å². The van der Waals surface area contributed by atoms with Crippen LogP contribution < -0.4 is 0 Å². The summed E-state index contributed by atoms with van der Waals surface area (Å²) in [6.45, 7) is 0.269. The number of carboxylic acids is 1. The second-order valence-electron chi connectivity index (χ2n) is 4.36. The predicted octanol–water partition coefficient (Wildman–Crippen LogP) is -0.916. The standard InChI is InChI=1S/C11H19NO6/c1-12(5-7(13)6-17-2)10(14)8-3-4-9(18-8)11(15)16/h7-9,13H,3-6H2,1-2H3,(H,15,16). The molecule has 18 heavy (non-hydrogen) atoms. The third-order valence-electron chi connectivity index (χ3n) is 2.79. The van der Waals surface area contributed by atoms with Gasteiger partial charge in [-0.15, -0.1) is 0 Å². The van der Waals surface area contributed by atoms with Crippen LogP contribution in [0, 0.1) is 0 Å². The largest absolute Gasteiger partial charge is 0.479 e. The van der Waals surface area contributed by atoms with Gasteiger partial charge in [0.05, 0.1) is 12.7 Å². The van der Waals surface area contributed by atoms with Crippen LogP contribution in [-0.2, 0) is 19.1 Å². The van der Waals surface area contributed by atoms with Crippen LogP contribution in [0.25, 0.3) is 0 Å². The molecule has 7 nitrogen and oxygen atoms in total. The summed E-state index contributed by atoms with van der Waals surface area (Å²) in [5, 5.41) is 18.3. The fourth-order valence-corrected chi connectivity index (χ4v) is 1.90. The van der Waals surface area contributed by atoms with Crippen molar-refractivity contribution in [2.75, 3.05) is 27.3 Å². The Balaban J connectivity index is 2.42. The summed E-state index contributed by atoms with van der Waals surface area (Å²) in [5.74, 6) is -1.36. The molecule has 1 saturated heterocycles. The van der Waals surface area contributed by atoms with Gasteiger partial charge in [-0.25, -0.2) is 4.79 Å². The molecule has 1 amide bonds. The van der Waals surface area contributed by atoms with Crippen LogP contribution in [-0.4, -0.2) is 72.6 Å². The molecular formula is C11H19NO6. The third kappa shape index (κ3) is 3.94. The van der Waals surface area contributed by atoms with E-state index in [1.807, 2.05) is 0 Å². The number of carbonyl (C=O) groups is 2. The van der Waals surface area contributed by atoms with Gasteiger partial charge in [0.15, 0.2) is 6.10 Å². The highest BCUT2D eigenvalue weighted by Crippen LogP contribution is 2.21. The second-order valence-corrected chi connectivity index (χ2v) is 4.36. The molecule has 0 saturated carbocycles. The molecule has 3 unspecified atom stereocenters. The molecule has 1 heterocycles. The lowest BCUT2D eigenvalue weighted by Crippen LogP contribution is -2.42. The fourth-order valence-electron chi connectivity index (χ4n) is 1.90. The number of aliphatic hydroxyl groups is 1. The highest BCUT2D eigenvalue weighted by molar-refractivity contribution is 5.82. The van der Waals surface area contributed by atoms with Crippen LogP contribution in [0.2, 0.25) is 0 Å². The fraction of sp³-hybridized carbons (Fsp3) is 0.818. The van der Waals surface area contributed by atoms with Crippen LogP contribution in [0.1, 0.15) is 12.8 Å². The maximum atomic E-state index is 11.9. The molecule has 1 aliphatic heterocycles. The van der Waals surface area contributed by atoms with E-state index >= 15 is 0 Å². The molecule has 1 rings (SSSR count). The summed E-state index contributed by atoms with van der Waals surface area (Å²) in [7, 11) is 3.00. The molecule has 0 bridgehead atoms. The zero-order valence-corrected chi connectivity index (χ0v) is 10.5. The summed E-state index contributed by atoms with van der Waals surface area (Å²) in [6.07, 6.45) is -1.68. The van der Waals surface area contributed by atoms with Gasteiger partial charge in [-0.2, -0.15) is 0 Å². The van der Waals surface area contributed by atoms with Crippen LogP contribution in [0.15, 0.2) is 0 Å². The normalized spacial score (nSPS) is 24.8. The number of aliphatic hydroxyl groups excluding tert-OH is 1. The minimum atomic E-state index is -1.05. The number of ether oxygens (including phenoxy) is 2. The molecule has 3 atom stereocenters. The van der Waals surface area contributed by atoms with Crippen molar-refractivity contribution in [3.8, 4) is 0 Å². The van der Waals surface area contributed by atoms with Crippen molar-refractivity contribution >= 4 is 11.9 Å². The van der Waals surface area contributed by atoms with Crippen LogP contribution >= 0.6 is 0 Å². The minimum Gasteiger partial charge on any atom is -0.479 e. The number of methoxy groups -OCH3 is 1. The van der Waals surface area contributed by atoms with Crippen LogP contribution in [0.4, 0.5) is 0 Å². The summed E-state index contributed by atoms with van der Waals surface area (Å²) in [5.41, 5.74) is 0. The van der Waals surface area contributed by atoms with Gasteiger partial charge in [-0.3, -0.25) is 4.79 Å². The maximum Gasteiger partial charge on any atom is 0.332 e. The zero-order valence-electron chi connectivity index (χ0n) is 10.5. The molecule has 0 spiro atoms. The van der Waals surface area contributed by atoms with Crippen molar-refractivity contribution in [1.82, 2.24) is 4.90 Å². The van der Waals surface area contributed by atoms with Gasteiger partial charge in [-0.1, -0.05) is 0 Å². The molecule has 0 aromatic rings. The molecule has 1 aliphatic rings. The molecule has 0 aromatic carbocycles. The summed E-state index contributed by atoms with van der Waals surface area (Å²) >= 11 is 0. The Labute approximate surface area is 105 Å². The first-order valence-corrected chi connectivity index (χ1v) is 5.76. The van der Waals surface area contributed by atoms with Crippen molar-refractivity contribution in [3.05, 3.63) is 0 Å². The SMILES string of the molecule is COCC(O)CN(C)C(=O)C1CCC(C(=O)O)O1. The summed E-state index contributed by atoms with van der Waals surface area (Å²) in [4.78, 5) is 23.9. The highest BCUT2D eigenvalue weighted by Gasteiger charge is 2.36. The van der Waals surface area contributed by atoms with Gasteiger partial charge in [0.2, 0.25) is 0 Å². The van der Waals surface area contributed by atoms with E-state index in [1.54, 1.807) is 7.05 Å². The smallest absolute Gasteiger partial charge is 0.332 e. The third-order valence-corrected chi connectivity index (χ3v) is 2.79. The van der Waals surface area contributed by atoms with Gasteiger partial charge in [0.25, 0.3) is 5.91 Å². The average Bonchev–Trinajstić information content (AvgIpc) is 2.77. The lowest BCUT2D eigenvalue weighted by atomic mass is 10.2. The average molecular weight is 261 g/mol. The van der Waals surface area contributed by atoms with E-state index < -0.39 is 24.3 Å². The van der Waals surface area contributed by atoms with Gasteiger partial charge >= 0.3 is 5.97 Å². The molecule has 104 valence electrons. The van der Waals surface area contributed by atoms with Gasteiger partial charge in [0.1, 0.15) is 6.10 Å². The Hall–Kier alpha value is -1.18. The predicted molar refractivity (Wildman–Crippen MR) is 61.1 cm³/mol. The lowest BCUT2D eigenvalue weighted by molar-refractivity contribution is -0.154. The topological polar surface area (TPSA) is 96.3 Å². The van der Waals surface area contributed by atoms with E-state index in [4.69, 9.17) is 14.6 Å². The van der Waals surface area contributed by atoms with E-state index in [2.05, 4.69) is 0 Å². The molecule has 0 aromatic heterocycles. The Kier molecular flexibility index (Phi) is 5.52. The van der Waals surface area contributed by atoms with E-state index in [-0.39, 0.29) is 19.1 Å². The van der Waals surface area contributed by atoms with Gasteiger partial charge < -0.3 is 24.6 Å². The van der Waals surface area contributed by atoms with Crippen molar-refractivity contribution in [1.29, 1.82) is 0 Å². The van der Waals surface area contributed by atoms with Gasteiger partial charge in [-0.05, 0) is 12.8 Å². The Bertz CT molecular complexity index is 308. The molecule has 0 radical (unpaired) electrons. The number of likely N-dealkylation sites (N-methyl/N-ethyl adjacent to an activating group) is 1. The number of aliphatic carboxylic acids is 1. The summed E-state index contributed by atoms with van der Waals surface area (Å²) < 4.78 is 9.90. The molecular weight excluding hydrogens is 242 g/mol. The van der Waals surface area contributed by atoms with E-state index in [9.17, 15) is 14.7 Å². The molecule has 7 heteroatoms. The Morgan fingerprint density at radius 3 is 2.56 bits per heavy atom. The number of amides is 1. The number of nitrogens with zero attached hydrogens (tertiary/aromatic N) is 1. The Morgan fingerprint density at radius 1 is 1.44 bits per heavy atom.